The molecule has 0 fully saturated rings. The van der Waals surface area contributed by atoms with Gasteiger partial charge < -0.3 is 20.5 Å². The standard InChI is InChI=1S/C14H21ClN2O3/c1-3-17(6-5-7-18)13-11(14(19)20-4-2)8-10(16)9-12(13)15/h8-9,18H,3-7,16H2,1-2H3. The SMILES string of the molecule is CCOC(=O)c1cc(N)cc(Cl)c1N(CC)CCCO. The zero-order valence-electron chi connectivity index (χ0n) is 11.9. The van der Waals surface area contributed by atoms with E-state index in [0.717, 1.165) is 0 Å². The number of aliphatic hydroxyl groups is 1. The summed E-state index contributed by atoms with van der Waals surface area (Å²) < 4.78 is 5.05. The van der Waals surface area contributed by atoms with Crippen molar-refractivity contribution in [3.8, 4) is 0 Å². The average Bonchev–Trinajstić information content (AvgIpc) is 2.41. The monoisotopic (exact) mass is 300 g/mol. The molecule has 0 saturated carbocycles. The van der Waals surface area contributed by atoms with Gasteiger partial charge in [0.15, 0.2) is 0 Å². The molecule has 0 radical (unpaired) electrons. The molecule has 3 N–H and O–H groups in total. The van der Waals surface area contributed by atoms with Crippen molar-refractivity contribution < 1.29 is 14.6 Å². The Morgan fingerprint density at radius 2 is 2.15 bits per heavy atom. The highest BCUT2D eigenvalue weighted by Crippen LogP contribution is 2.33. The molecule has 0 aliphatic carbocycles. The molecule has 20 heavy (non-hydrogen) atoms. The predicted molar refractivity (Wildman–Crippen MR) is 81.4 cm³/mol. The van der Waals surface area contributed by atoms with E-state index in [1.807, 2.05) is 11.8 Å². The minimum Gasteiger partial charge on any atom is -0.462 e. The summed E-state index contributed by atoms with van der Waals surface area (Å²) in [6.45, 7) is 5.33. The molecule has 0 bridgehead atoms. The first kappa shape index (κ1) is 16.6. The molecule has 112 valence electrons. The summed E-state index contributed by atoms with van der Waals surface area (Å²) in [5.41, 5.74) is 7.13. The van der Waals surface area contributed by atoms with E-state index in [1.165, 1.54) is 0 Å². The van der Waals surface area contributed by atoms with Gasteiger partial charge in [-0.25, -0.2) is 4.79 Å². The maximum atomic E-state index is 12.1. The number of nitrogens with zero attached hydrogens (tertiary/aromatic N) is 1. The summed E-state index contributed by atoms with van der Waals surface area (Å²) in [5.74, 6) is -0.445. The second-order valence-electron chi connectivity index (χ2n) is 4.28. The Bertz CT molecular complexity index is 466. The maximum Gasteiger partial charge on any atom is 0.340 e. The van der Waals surface area contributed by atoms with Crippen molar-refractivity contribution in [2.24, 2.45) is 0 Å². The highest BCUT2D eigenvalue weighted by Gasteiger charge is 2.20. The lowest BCUT2D eigenvalue weighted by Gasteiger charge is -2.26. The second kappa shape index (κ2) is 7.97. The van der Waals surface area contributed by atoms with E-state index in [0.29, 0.717) is 41.5 Å². The van der Waals surface area contributed by atoms with E-state index in [1.54, 1.807) is 19.1 Å². The number of ether oxygens (including phenoxy) is 1. The molecule has 0 saturated heterocycles. The van der Waals surface area contributed by atoms with Gasteiger partial charge in [-0.2, -0.15) is 0 Å². The van der Waals surface area contributed by atoms with E-state index in [2.05, 4.69) is 0 Å². The Hall–Kier alpha value is -1.46. The molecular weight excluding hydrogens is 280 g/mol. The topological polar surface area (TPSA) is 75.8 Å². The summed E-state index contributed by atoms with van der Waals surface area (Å²) >= 11 is 6.24. The van der Waals surface area contributed by atoms with Gasteiger partial charge >= 0.3 is 5.97 Å². The third-order valence-corrected chi connectivity index (χ3v) is 3.15. The fourth-order valence-corrected chi connectivity index (χ4v) is 2.34. The van der Waals surface area contributed by atoms with Crippen LogP contribution in [0.15, 0.2) is 12.1 Å². The van der Waals surface area contributed by atoms with Gasteiger partial charge in [-0.15, -0.1) is 0 Å². The maximum absolute atomic E-state index is 12.1. The summed E-state index contributed by atoms with van der Waals surface area (Å²) in [6.07, 6.45) is 0.594. The van der Waals surface area contributed by atoms with Crippen molar-refractivity contribution in [3.63, 3.8) is 0 Å². The molecule has 1 rings (SSSR count). The molecule has 1 aromatic carbocycles. The molecule has 0 unspecified atom stereocenters. The van der Waals surface area contributed by atoms with Crippen LogP contribution in [-0.4, -0.2) is 37.4 Å². The molecule has 0 aliphatic rings. The van der Waals surface area contributed by atoms with Gasteiger partial charge in [0, 0.05) is 25.4 Å². The number of hydrogen-bond acceptors (Lipinski definition) is 5. The summed E-state index contributed by atoms with van der Waals surface area (Å²) in [6, 6.07) is 3.18. The molecule has 0 atom stereocenters. The number of hydrogen-bond donors (Lipinski definition) is 2. The Balaban J connectivity index is 3.23. The number of aliphatic hydroxyl groups excluding tert-OH is 1. The summed E-state index contributed by atoms with van der Waals surface area (Å²) in [7, 11) is 0. The number of nitrogen functional groups attached to an aromatic ring is 1. The van der Waals surface area contributed by atoms with Crippen molar-refractivity contribution in [2.75, 3.05) is 36.9 Å². The van der Waals surface area contributed by atoms with Crippen LogP contribution in [0.1, 0.15) is 30.6 Å². The van der Waals surface area contributed by atoms with Crippen molar-refractivity contribution in [1.29, 1.82) is 0 Å². The minimum absolute atomic E-state index is 0.0812. The van der Waals surface area contributed by atoms with Crippen LogP contribution < -0.4 is 10.6 Å². The number of anilines is 2. The van der Waals surface area contributed by atoms with Crippen LogP contribution >= 0.6 is 11.6 Å². The molecule has 6 heteroatoms. The fourth-order valence-electron chi connectivity index (χ4n) is 2.00. The molecule has 0 amide bonds. The quantitative estimate of drug-likeness (QED) is 0.597. The highest BCUT2D eigenvalue weighted by atomic mass is 35.5. The molecule has 0 aromatic heterocycles. The van der Waals surface area contributed by atoms with Crippen molar-refractivity contribution in [3.05, 3.63) is 22.7 Å². The summed E-state index contributed by atoms with van der Waals surface area (Å²) in [4.78, 5) is 14.0. The van der Waals surface area contributed by atoms with Crippen LogP contribution in [0.5, 0.6) is 0 Å². The van der Waals surface area contributed by atoms with Gasteiger partial charge in [-0.05, 0) is 32.4 Å². The lowest BCUT2D eigenvalue weighted by Crippen LogP contribution is -2.27. The number of benzene rings is 1. The molecule has 1 aromatic rings. The van der Waals surface area contributed by atoms with Crippen molar-refractivity contribution >= 4 is 28.9 Å². The number of carbonyl (C=O) groups is 1. The van der Waals surface area contributed by atoms with Gasteiger partial charge in [0.05, 0.1) is 22.9 Å². The number of nitrogens with two attached hydrogens (primary N) is 1. The molecule has 5 nitrogen and oxygen atoms in total. The molecule has 0 spiro atoms. The van der Waals surface area contributed by atoms with Crippen LogP contribution in [0.4, 0.5) is 11.4 Å². The largest absolute Gasteiger partial charge is 0.462 e. The lowest BCUT2D eigenvalue weighted by molar-refractivity contribution is 0.0527. The normalized spacial score (nSPS) is 10.4. The van der Waals surface area contributed by atoms with Crippen LogP contribution in [0.2, 0.25) is 5.02 Å². The zero-order valence-corrected chi connectivity index (χ0v) is 12.6. The minimum atomic E-state index is -0.445. The van der Waals surface area contributed by atoms with Crippen LogP contribution in [-0.2, 0) is 4.74 Å². The van der Waals surface area contributed by atoms with Crippen LogP contribution in [0.25, 0.3) is 0 Å². The fraction of sp³-hybridized carbons (Fsp3) is 0.500. The first-order chi connectivity index (χ1) is 9.54. The van der Waals surface area contributed by atoms with Crippen molar-refractivity contribution in [2.45, 2.75) is 20.3 Å². The number of carbonyl (C=O) groups excluding carboxylic acids is 1. The van der Waals surface area contributed by atoms with Gasteiger partial charge in [0.2, 0.25) is 0 Å². The third-order valence-electron chi connectivity index (χ3n) is 2.87. The Kier molecular flexibility index (Phi) is 6.61. The van der Waals surface area contributed by atoms with E-state index in [9.17, 15) is 4.79 Å². The van der Waals surface area contributed by atoms with Gasteiger partial charge in [-0.3, -0.25) is 0 Å². The lowest BCUT2D eigenvalue weighted by atomic mass is 10.1. The predicted octanol–water partition coefficient (Wildman–Crippen LogP) is 2.31. The first-order valence-electron chi connectivity index (χ1n) is 6.67. The number of halogens is 1. The van der Waals surface area contributed by atoms with Crippen LogP contribution in [0, 0.1) is 0 Å². The van der Waals surface area contributed by atoms with Gasteiger partial charge in [0.1, 0.15) is 0 Å². The van der Waals surface area contributed by atoms with E-state index in [-0.39, 0.29) is 13.2 Å². The average molecular weight is 301 g/mol. The van der Waals surface area contributed by atoms with Gasteiger partial charge in [0.25, 0.3) is 0 Å². The Labute approximate surface area is 124 Å². The van der Waals surface area contributed by atoms with E-state index >= 15 is 0 Å². The highest BCUT2D eigenvalue weighted by molar-refractivity contribution is 6.34. The zero-order chi connectivity index (χ0) is 15.1. The third kappa shape index (κ3) is 4.02. The molecule has 0 heterocycles. The smallest absolute Gasteiger partial charge is 0.340 e. The first-order valence-corrected chi connectivity index (χ1v) is 7.04. The van der Waals surface area contributed by atoms with E-state index in [4.69, 9.17) is 27.2 Å². The molecular formula is C14H21ClN2O3. The number of rotatable bonds is 7. The van der Waals surface area contributed by atoms with Gasteiger partial charge in [-0.1, -0.05) is 11.6 Å². The Morgan fingerprint density at radius 1 is 1.45 bits per heavy atom. The number of esters is 1. The summed E-state index contributed by atoms with van der Waals surface area (Å²) in [5, 5.41) is 9.37. The Morgan fingerprint density at radius 3 is 2.70 bits per heavy atom. The molecule has 0 aliphatic heterocycles. The van der Waals surface area contributed by atoms with Crippen molar-refractivity contribution in [1.82, 2.24) is 0 Å². The second-order valence-corrected chi connectivity index (χ2v) is 4.68. The van der Waals surface area contributed by atoms with E-state index < -0.39 is 5.97 Å². The van der Waals surface area contributed by atoms with Crippen LogP contribution in [0.3, 0.4) is 0 Å².